The molecule has 1 heterocycles. The van der Waals surface area contributed by atoms with Gasteiger partial charge in [0.25, 0.3) is 0 Å². The Hall–Kier alpha value is -3.19. The van der Waals surface area contributed by atoms with Crippen molar-refractivity contribution < 1.29 is 27.1 Å². The number of carbonyl (C=O) groups excluding carboxylic acids is 1. The van der Waals surface area contributed by atoms with Gasteiger partial charge in [-0.2, -0.15) is 13.2 Å². The summed E-state index contributed by atoms with van der Waals surface area (Å²) in [6.45, 7) is 3.05. The number of likely N-dealkylation sites (tertiary alicyclic amines) is 1. The molecule has 35 heavy (non-hydrogen) atoms. The molecule has 3 nitrogen and oxygen atoms in total. The predicted octanol–water partition coefficient (Wildman–Crippen LogP) is 6.74. The molecule has 1 aliphatic rings. The van der Waals surface area contributed by atoms with Gasteiger partial charge in [0.1, 0.15) is 17.7 Å². The van der Waals surface area contributed by atoms with Crippen LogP contribution in [0.3, 0.4) is 0 Å². The first-order chi connectivity index (χ1) is 16.8. The minimum atomic E-state index is -4.40. The summed E-state index contributed by atoms with van der Waals surface area (Å²) in [4.78, 5) is 15.3. The van der Waals surface area contributed by atoms with Crippen LogP contribution in [0.2, 0.25) is 0 Å². The summed E-state index contributed by atoms with van der Waals surface area (Å²) in [5.41, 5.74) is 0.652. The van der Waals surface area contributed by atoms with E-state index in [1.54, 1.807) is 6.07 Å². The molecule has 0 N–H and O–H groups in total. The Morgan fingerprint density at radius 1 is 1.03 bits per heavy atom. The van der Waals surface area contributed by atoms with E-state index in [2.05, 4.69) is 4.90 Å². The molecule has 1 aliphatic heterocycles. The van der Waals surface area contributed by atoms with Gasteiger partial charge in [-0.25, -0.2) is 4.39 Å². The van der Waals surface area contributed by atoms with Gasteiger partial charge in [-0.05, 0) is 54.8 Å². The van der Waals surface area contributed by atoms with Crippen molar-refractivity contribution in [3.63, 3.8) is 0 Å². The summed E-state index contributed by atoms with van der Waals surface area (Å²) >= 11 is 0. The fourth-order valence-corrected chi connectivity index (χ4v) is 4.74. The maximum atomic E-state index is 13.7. The van der Waals surface area contributed by atoms with Crippen LogP contribution >= 0.6 is 0 Å². The molecule has 3 atom stereocenters. The van der Waals surface area contributed by atoms with E-state index >= 15 is 0 Å². The van der Waals surface area contributed by atoms with Crippen LogP contribution in [0.4, 0.5) is 17.6 Å². The molecule has 0 spiro atoms. The number of rotatable bonds is 7. The molecule has 4 rings (SSSR count). The highest BCUT2D eigenvalue weighted by Crippen LogP contribution is 2.34. The molecular weight excluding hydrogens is 458 g/mol. The van der Waals surface area contributed by atoms with Crippen LogP contribution in [-0.4, -0.2) is 35.9 Å². The number of hydrogen-bond acceptors (Lipinski definition) is 3. The third-order valence-corrected chi connectivity index (χ3v) is 6.52. The van der Waals surface area contributed by atoms with Gasteiger partial charge in [-0.3, -0.25) is 9.69 Å². The largest absolute Gasteiger partial charge is 0.490 e. The lowest BCUT2D eigenvalue weighted by Gasteiger charge is -2.41. The number of nitrogens with zero attached hydrogens (tertiary/aromatic N) is 1. The van der Waals surface area contributed by atoms with E-state index in [0.29, 0.717) is 37.2 Å². The highest BCUT2D eigenvalue weighted by Gasteiger charge is 2.37. The van der Waals surface area contributed by atoms with E-state index in [0.717, 1.165) is 17.7 Å². The van der Waals surface area contributed by atoms with Crippen LogP contribution < -0.4 is 4.74 Å². The van der Waals surface area contributed by atoms with Crippen LogP contribution in [0, 0.1) is 5.82 Å². The average molecular weight is 486 g/mol. The molecule has 1 fully saturated rings. The standard InChI is InChI=1S/C28H27F4NO2/c1-2-25(27(34)20-9-6-10-22(29)17-20)33-16-15-26(24(18-33)19-7-4-3-5-8-19)35-23-13-11-21(12-14-23)28(30,31)32/h3-14,17,24-26H,2,15-16,18H2,1H3. The number of halogens is 4. The molecule has 0 saturated carbocycles. The zero-order chi connectivity index (χ0) is 25.0. The first-order valence-corrected chi connectivity index (χ1v) is 11.7. The SMILES string of the molecule is CCC(C(=O)c1cccc(F)c1)N1CCC(Oc2ccc(C(F)(F)F)cc2)C(c2ccccc2)C1. The van der Waals surface area contributed by atoms with Crippen molar-refractivity contribution in [2.75, 3.05) is 13.1 Å². The van der Waals surface area contributed by atoms with Crippen LogP contribution in [0.1, 0.15) is 47.2 Å². The van der Waals surface area contributed by atoms with E-state index in [1.165, 1.54) is 30.3 Å². The lowest BCUT2D eigenvalue weighted by molar-refractivity contribution is -0.137. The molecule has 0 aromatic heterocycles. The Morgan fingerprint density at radius 3 is 2.37 bits per heavy atom. The van der Waals surface area contributed by atoms with Gasteiger partial charge < -0.3 is 4.74 Å². The number of benzene rings is 3. The van der Waals surface area contributed by atoms with Gasteiger partial charge in [0.05, 0.1) is 11.6 Å². The van der Waals surface area contributed by atoms with Crippen molar-refractivity contribution in [1.82, 2.24) is 4.90 Å². The Morgan fingerprint density at radius 2 is 1.74 bits per heavy atom. The highest BCUT2D eigenvalue weighted by atomic mass is 19.4. The minimum absolute atomic E-state index is 0.0957. The topological polar surface area (TPSA) is 29.5 Å². The molecule has 3 unspecified atom stereocenters. The Balaban J connectivity index is 1.55. The number of piperidine rings is 1. The van der Waals surface area contributed by atoms with Crippen LogP contribution in [0.15, 0.2) is 78.9 Å². The Kier molecular flexibility index (Phi) is 7.55. The Labute approximate surface area is 202 Å². The van der Waals surface area contributed by atoms with Gasteiger partial charge in [0.15, 0.2) is 5.78 Å². The van der Waals surface area contributed by atoms with Crippen LogP contribution in [-0.2, 0) is 6.18 Å². The van der Waals surface area contributed by atoms with Gasteiger partial charge in [0, 0.05) is 24.6 Å². The second-order valence-corrected chi connectivity index (χ2v) is 8.78. The molecule has 1 saturated heterocycles. The Bertz CT molecular complexity index is 1130. The molecule has 0 amide bonds. The second-order valence-electron chi connectivity index (χ2n) is 8.78. The number of hydrogen-bond donors (Lipinski definition) is 0. The van der Waals surface area contributed by atoms with Crippen LogP contribution in [0.5, 0.6) is 5.75 Å². The number of ketones is 1. The molecule has 7 heteroatoms. The monoisotopic (exact) mass is 485 g/mol. The molecule has 0 aliphatic carbocycles. The first-order valence-electron chi connectivity index (χ1n) is 11.7. The maximum Gasteiger partial charge on any atom is 0.416 e. The molecule has 0 bridgehead atoms. The molecule has 3 aromatic rings. The summed E-state index contributed by atoms with van der Waals surface area (Å²) in [5, 5.41) is 0. The van der Waals surface area contributed by atoms with Crippen molar-refractivity contribution in [2.45, 2.75) is 44.0 Å². The number of ether oxygens (including phenoxy) is 1. The zero-order valence-electron chi connectivity index (χ0n) is 19.3. The van der Waals surface area contributed by atoms with E-state index in [1.807, 2.05) is 37.3 Å². The lowest BCUT2D eigenvalue weighted by Crippen LogP contribution is -2.50. The molecular formula is C28H27F4NO2. The van der Waals surface area contributed by atoms with Crippen molar-refractivity contribution in [2.24, 2.45) is 0 Å². The van der Waals surface area contributed by atoms with Crippen molar-refractivity contribution in [1.29, 1.82) is 0 Å². The minimum Gasteiger partial charge on any atom is -0.490 e. The fraction of sp³-hybridized carbons (Fsp3) is 0.321. The maximum absolute atomic E-state index is 13.7. The van der Waals surface area contributed by atoms with E-state index < -0.39 is 23.6 Å². The van der Waals surface area contributed by atoms with Gasteiger partial charge in [-0.15, -0.1) is 0 Å². The third kappa shape index (κ3) is 5.90. The van der Waals surface area contributed by atoms with E-state index in [4.69, 9.17) is 4.74 Å². The highest BCUT2D eigenvalue weighted by molar-refractivity contribution is 6.00. The van der Waals surface area contributed by atoms with Gasteiger partial charge in [0.2, 0.25) is 0 Å². The summed E-state index contributed by atoms with van der Waals surface area (Å²) in [7, 11) is 0. The summed E-state index contributed by atoms with van der Waals surface area (Å²) < 4.78 is 58.7. The number of Topliss-reactive ketones (excluding diaryl/α,β-unsaturated/α-hetero) is 1. The van der Waals surface area contributed by atoms with Crippen LogP contribution in [0.25, 0.3) is 0 Å². The lowest BCUT2D eigenvalue weighted by atomic mass is 9.86. The first kappa shape index (κ1) is 24.9. The fourth-order valence-electron chi connectivity index (χ4n) is 4.74. The number of alkyl halides is 3. The van der Waals surface area contributed by atoms with Crippen molar-refractivity contribution >= 4 is 5.78 Å². The van der Waals surface area contributed by atoms with Crippen molar-refractivity contribution in [3.8, 4) is 5.75 Å². The van der Waals surface area contributed by atoms with E-state index in [-0.39, 0.29) is 17.8 Å². The molecule has 184 valence electrons. The summed E-state index contributed by atoms with van der Waals surface area (Å²) in [5.74, 6) is -0.292. The number of carbonyl (C=O) groups is 1. The average Bonchev–Trinajstić information content (AvgIpc) is 2.85. The summed E-state index contributed by atoms with van der Waals surface area (Å²) in [6.07, 6.45) is -3.51. The zero-order valence-corrected chi connectivity index (χ0v) is 19.3. The molecule has 3 aromatic carbocycles. The molecule has 0 radical (unpaired) electrons. The predicted molar refractivity (Wildman–Crippen MR) is 126 cm³/mol. The summed E-state index contributed by atoms with van der Waals surface area (Å²) in [6, 6.07) is 19.8. The normalized spacial score (nSPS) is 19.8. The van der Waals surface area contributed by atoms with Gasteiger partial charge in [-0.1, -0.05) is 49.4 Å². The third-order valence-electron chi connectivity index (χ3n) is 6.52. The van der Waals surface area contributed by atoms with E-state index in [9.17, 15) is 22.4 Å². The smallest absolute Gasteiger partial charge is 0.416 e. The quantitative estimate of drug-likeness (QED) is 0.274. The van der Waals surface area contributed by atoms with Gasteiger partial charge >= 0.3 is 6.18 Å². The van der Waals surface area contributed by atoms with Crippen molar-refractivity contribution in [3.05, 3.63) is 101 Å². The second kappa shape index (κ2) is 10.6.